The molecule has 0 spiro atoms. The summed E-state index contributed by atoms with van der Waals surface area (Å²) in [7, 11) is -1.50. The van der Waals surface area contributed by atoms with Crippen molar-refractivity contribution < 1.29 is 13.2 Å². The number of nitrogens with zero attached hydrogens (tertiary/aromatic N) is 1. The fourth-order valence-corrected chi connectivity index (χ4v) is 3.74. The smallest absolute Gasteiger partial charge is 0.254 e. The predicted molar refractivity (Wildman–Crippen MR) is 94.5 cm³/mol. The van der Waals surface area contributed by atoms with Gasteiger partial charge in [0.25, 0.3) is 5.91 Å². The van der Waals surface area contributed by atoms with E-state index < -0.39 is 10.0 Å². The molecule has 0 heterocycles. The molecule has 0 saturated heterocycles. The number of benzene rings is 2. The Labute approximate surface area is 142 Å². The Hall–Kier alpha value is -2.34. The van der Waals surface area contributed by atoms with Crippen LogP contribution in [0.1, 0.15) is 33.9 Å². The van der Waals surface area contributed by atoms with Crippen LogP contribution in [0.15, 0.2) is 48.5 Å². The van der Waals surface area contributed by atoms with E-state index in [0.717, 1.165) is 19.1 Å². The number of hydrogen-bond donors (Lipinski definition) is 1. The number of sulfonamides is 1. The Bertz CT molecular complexity index is 860. The van der Waals surface area contributed by atoms with Crippen LogP contribution in [0.25, 0.3) is 0 Å². The van der Waals surface area contributed by atoms with Gasteiger partial charge >= 0.3 is 0 Å². The highest BCUT2D eigenvalue weighted by molar-refractivity contribution is 7.92. The minimum absolute atomic E-state index is 0.0670. The highest BCUT2D eigenvalue weighted by Crippen LogP contribution is 2.35. The maximum Gasteiger partial charge on any atom is 0.254 e. The van der Waals surface area contributed by atoms with Gasteiger partial charge in [-0.25, -0.2) is 8.42 Å². The molecule has 3 rings (SSSR count). The van der Waals surface area contributed by atoms with Gasteiger partial charge in [0, 0.05) is 18.3 Å². The summed E-state index contributed by atoms with van der Waals surface area (Å²) in [5.74, 6) is -0.0670. The van der Waals surface area contributed by atoms with E-state index in [1.807, 2.05) is 19.2 Å². The maximum absolute atomic E-state index is 12.7. The summed E-state index contributed by atoms with van der Waals surface area (Å²) >= 11 is 0. The third-order valence-electron chi connectivity index (χ3n) is 4.32. The third kappa shape index (κ3) is 3.43. The van der Waals surface area contributed by atoms with E-state index in [-0.39, 0.29) is 11.9 Å². The first-order valence-electron chi connectivity index (χ1n) is 7.78. The molecule has 5 nitrogen and oxygen atoms in total. The summed E-state index contributed by atoms with van der Waals surface area (Å²) in [6, 6.07) is 14.8. The molecular weight excluding hydrogens is 324 g/mol. The number of anilines is 1. The number of fused-ring (bicyclic) bond motifs is 1. The van der Waals surface area contributed by atoms with Gasteiger partial charge < -0.3 is 4.90 Å². The zero-order valence-corrected chi connectivity index (χ0v) is 14.5. The molecule has 0 aliphatic heterocycles. The van der Waals surface area contributed by atoms with Crippen LogP contribution in [0.4, 0.5) is 5.69 Å². The first-order chi connectivity index (χ1) is 11.3. The molecule has 2 aromatic rings. The number of carbonyl (C=O) groups is 1. The van der Waals surface area contributed by atoms with Crippen molar-refractivity contribution in [2.75, 3.05) is 18.0 Å². The lowest BCUT2D eigenvalue weighted by Gasteiger charge is -2.25. The molecule has 24 heavy (non-hydrogen) atoms. The summed E-state index contributed by atoms with van der Waals surface area (Å²) in [6.45, 7) is 0. The highest BCUT2D eigenvalue weighted by atomic mass is 32.2. The van der Waals surface area contributed by atoms with Crippen LogP contribution in [0.3, 0.4) is 0 Å². The molecule has 1 N–H and O–H groups in total. The average Bonchev–Trinajstić information content (AvgIpc) is 2.97. The molecule has 2 aromatic carbocycles. The molecule has 0 aromatic heterocycles. The van der Waals surface area contributed by atoms with Gasteiger partial charge in [-0.1, -0.05) is 24.3 Å². The Balaban J connectivity index is 1.77. The number of carbonyl (C=O) groups excluding carboxylic acids is 1. The second-order valence-corrected chi connectivity index (χ2v) is 7.87. The maximum atomic E-state index is 12.7. The van der Waals surface area contributed by atoms with Crippen molar-refractivity contribution in [1.82, 2.24) is 4.90 Å². The quantitative estimate of drug-likeness (QED) is 0.927. The largest absolute Gasteiger partial charge is 0.335 e. The van der Waals surface area contributed by atoms with Gasteiger partial charge in [-0.05, 0) is 48.2 Å². The zero-order valence-electron chi connectivity index (χ0n) is 13.7. The summed E-state index contributed by atoms with van der Waals surface area (Å²) in [5.41, 5.74) is 3.50. The lowest BCUT2D eigenvalue weighted by Crippen LogP contribution is -2.30. The van der Waals surface area contributed by atoms with E-state index in [1.54, 1.807) is 29.2 Å². The summed E-state index contributed by atoms with van der Waals surface area (Å²) in [4.78, 5) is 14.5. The summed E-state index contributed by atoms with van der Waals surface area (Å²) in [5, 5.41) is 0. The second kappa shape index (κ2) is 6.28. The summed E-state index contributed by atoms with van der Waals surface area (Å²) in [6.07, 6.45) is 3.00. The second-order valence-electron chi connectivity index (χ2n) is 6.12. The molecule has 0 saturated carbocycles. The number of hydrogen-bond acceptors (Lipinski definition) is 3. The van der Waals surface area contributed by atoms with Gasteiger partial charge in [0.1, 0.15) is 0 Å². The van der Waals surface area contributed by atoms with Crippen molar-refractivity contribution in [3.63, 3.8) is 0 Å². The molecular formula is C18H20N2O3S. The molecule has 1 aliphatic rings. The van der Waals surface area contributed by atoms with Crippen molar-refractivity contribution in [1.29, 1.82) is 0 Å². The van der Waals surface area contributed by atoms with Gasteiger partial charge in [-0.15, -0.1) is 0 Å². The monoisotopic (exact) mass is 344 g/mol. The van der Waals surface area contributed by atoms with Gasteiger partial charge in [0.15, 0.2) is 0 Å². The molecule has 0 unspecified atom stereocenters. The van der Waals surface area contributed by atoms with E-state index in [2.05, 4.69) is 16.9 Å². The minimum atomic E-state index is -3.32. The molecule has 0 radical (unpaired) electrons. The van der Waals surface area contributed by atoms with Crippen molar-refractivity contribution >= 4 is 21.6 Å². The van der Waals surface area contributed by atoms with E-state index in [0.29, 0.717) is 11.3 Å². The lowest BCUT2D eigenvalue weighted by molar-refractivity contribution is 0.0730. The van der Waals surface area contributed by atoms with Gasteiger partial charge in [0.05, 0.1) is 12.3 Å². The van der Waals surface area contributed by atoms with Crippen LogP contribution in [0.5, 0.6) is 0 Å². The van der Waals surface area contributed by atoms with Crippen LogP contribution in [-0.4, -0.2) is 32.5 Å². The third-order valence-corrected chi connectivity index (χ3v) is 4.93. The number of aryl methyl sites for hydroxylation is 1. The Morgan fingerprint density at radius 3 is 2.46 bits per heavy atom. The average molecular weight is 344 g/mol. The Kier molecular flexibility index (Phi) is 4.32. The highest BCUT2D eigenvalue weighted by Gasteiger charge is 2.28. The van der Waals surface area contributed by atoms with Crippen LogP contribution in [-0.2, 0) is 16.4 Å². The first kappa shape index (κ1) is 16.5. The topological polar surface area (TPSA) is 66.5 Å². The van der Waals surface area contributed by atoms with Crippen molar-refractivity contribution in [2.45, 2.75) is 18.9 Å². The van der Waals surface area contributed by atoms with Crippen LogP contribution >= 0.6 is 0 Å². The zero-order chi connectivity index (χ0) is 17.3. The molecule has 6 heteroatoms. The number of nitrogens with one attached hydrogen (secondary N) is 1. The molecule has 1 atom stereocenters. The molecule has 126 valence electrons. The predicted octanol–water partition coefficient (Wildman–Crippen LogP) is 2.82. The minimum Gasteiger partial charge on any atom is -0.335 e. The van der Waals surface area contributed by atoms with Gasteiger partial charge in [-0.2, -0.15) is 0 Å². The fourth-order valence-electron chi connectivity index (χ4n) is 3.18. The Morgan fingerprint density at radius 1 is 1.12 bits per heavy atom. The fraction of sp³-hybridized carbons (Fsp3) is 0.278. The van der Waals surface area contributed by atoms with Gasteiger partial charge in [0.2, 0.25) is 10.0 Å². The van der Waals surface area contributed by atoms with Crippen LogP contribution in [0, 0.1) is 0 Å². The van der Waals surface area contributed by atoms with Crippen molar-refractivity contribution in [3.05, 3.63) is 65.2 Å². The van der Waals surface area contributed by atoms with Crippen LogP contribution < -0.4 is 4.72 Å². The molecule has 0 fully saturated rings. The van der Waals surface area contributed by atoms with Crippen molar-refractivity contribution in [3.8, 4) is 0 Å². The first-order valence-corrected chi connectivity index (χ1v) is 9.67. The van der Waals surface area contributed by atoms with E-state index in [9.17, 15) is 13.2 Å². The lowest BCUT2D eigenvalue weighted by atomic mass is 10.1. The Morgan fingerprint density at radius 2 is 1.79 bits per heavy atom. The van der Waals surface area contributed by atoms with Crippen molar-refractivity contribution in [2.24, 2.45) is 0 Å². The molecule has 0 bridgehead atoms. The number of amides is 1. The van der Waals surface area contributed by atoms with Gasteiger partial charge in [-0.3, -0.25) is 9.52 Å². The summed E-state index contributed by atoms with van der Waals surface area (Å²) < 4.78 is 24.9. The standard InChI is InChI=1S/C18H20N2O3S/c1-20(17-12-9-13-5-3-4-6-16(13)17)18(21)14-7-10-15(11-8-14)19-24(2,22)23/h3-8,10-11,17,19H,9,12H2,1-2H3/t17-/m1/s1. The van der Waals surface area contributed by atoms with E-state index in [4.69, 9.17) is 0 Å². The SMILES string of the molecule is CN(C(=O)c1ccc(NS(C)(=O)=O)cc1)[C@@H]1CCc2ccccc21. The van der Waals surface area contributed by atoms with Crippen LogP contribution in [0.2, 0.25) is 0 Å². The molecule has 1 amide bonds. The van der Waals surface area contributed by atoms with E-state index >= 15 is 0 Å². The number of rotatable bonds is 4. The normalized spacial score (nSPS) is 16.5. The van der Waals surface area contributed by atoms with E-state index in [1.165, 1.54) is 11.1 Å². The molecule has 1 aliphatic carbocycles.